The molecule has 0 spiro atoms. The molecule has 0 bridgehead atoms. The summed E-state index contributed by atoms with van der Waals surface area (Å²) in [5.74, 6) is -1.15. The average Bonchev–Trinajstić information content (AvgIpc) is 2.63. The fourth-order valence-corrected chi connectivity index (χ4v) is 2.96. The number of nitrogens with zero attached hydrogens (tertiary/aromatic N) is 1. The maximum Gasteiger partial charge on any atom is 0.407 e. The van der Waals surface area contributed by atoms with Crippen LogP contribution in [0.25, 0.3) is 0 Å². The molecular weight excluding hydrogens is 357 g/mol. The highest BCUT2D eigenvalue weighted by molar-refractivity contribution is 5.95. The molecule has 1 aromatic rings. The quantitative estimate of drug-likeness (QED) is 0.517. The molecule has 1 aliphatic rings. The van der Waals surface area contributed by atoms with Gasteiger partial charge in [-0.1, -0.05) is 0 Å². The van der Waals surface area contributed by atoms with Gasteiger partial charge in [0.1, 0.15) is 11.6 Å². The third kappa shape index (κ3) is 6.43. The van der Waals surface area contributed by atoms with E-state index in [0.717, 1.165) is 31.7 Å². The van der Waals surface area contributed by atoms with Crippen LogP contribution < -0.4 is 15.6 Å². The molecule has 1 heterocycles. The number of halogens is 1. The number of piperidine rings is 1. The van der Waals surface area contributed by atoms with Gasteiger partial charge in [-0.05, 0) is 43.7 Å². The average molecular weight is 381 g/mol. The molecule has 0 atom stereocenters. The highest BCUT2D eigenvalue weighted by Gasteiger charge is 2.21. The van der Waals surface area contributed by atoms with E-state index in [-0.39, 0.29) is 5.56 Å². The van der Waals surface area contributed by atoms with Crippen LogP contribution in [0.15, 0.2) is 18.2 Å². The van der Waals surface area contributed by atoms with Crippen LogP contribution in [0.1, 0.15) is 43.0 Å². The lowest BCUT2D eigenvalue weighted by Crippen LogP contribution is -2.40. The Bertz CT molecular complexity index is 690. The molecule has 0 aromatic heterocycles. The number of nitrogens with one attached hydrogen (secondary N) is 2. The number of benzene rings is 1. The SMILES string of the molecule is CC(=O)NNC(=O)c1ccc(OCCCC2CCN(C(=O)O)CC2)cc1F. The Morgan fingerprint density at radius 2 is 1.96 bits per heavy atom. The van der Waals surface area contributed by atoms with Crippen molar-refractivity contribution in [3.63, 3.8) is 0 Å². The first kappa shape index (κ1) is 20.5. The van der Waals surface area contributed by atoms with Crippen LogP contribution in [0.5, 0.6) is 5.75 Å². The van der Waals surface area contributed by atoms with Crippen molar-refractivity contribution < 1.29 is 28.6 Å². The van der Waals surface area contributed by atoms with Gasteiger partial charge in [0, 0.05) is 26.1 Å². The molecule has 3 N–H and O–H groups in total. The van der Waals surface area contributed by atoms with Crippen molar-refractivity contribution >= 4 is 17.9 Å². The molecule has 1 saturated heterocycles. The van der Waals surface area contributed by atoms with Gasteiger partial charge in [-0.25, -0.2) is 9.18 Å². The van der Waals surface area contributed by atoms with Gasteiger partial charge in [0.05, 0.1) is 12.2 Å². The van der Waals surface area contributed by atoms with Gasteiger partial charge in [0.2, 0.25) is 5.91 Å². The zero-order chi connectivity index (χ0) is 19.8. The molecule has 2 rings (SSSR count). The van der Waals surface area contributed by atoms with Gasteiger partial charge in [-0.3, -0.25) is 20.4 Å². The molecular formula is C18H24FN3O5. The Morgan fingerprint density at radius 1 is 1.26 bits per heavy atom. The third-order valence-corrected chi connectivity index (χ3v) is 4.45. The second-order valence-electron chi connectivity index (χ2n) is 6.48. The summed E-state index contributed by atoms with van der Waals surface area (Å²) in [6, 6.07) is 3.93. The van der Waals surface area contributed by atoms with Crippen LogP contribution in [0.3, 0.4) is 0 Å². The van der Waals surface area contributed by atoms with Crippen molar-refractivity contribution in [3.8, 4) is 5.75 Å². The molecule has 8 nitrogen and oxygen atoms in total. The van der Waals surface area contributed by atoms with Crippen LogP contribution in [-0.2, 0) is 4.79 Å². The number of hydrogen-bond donors (Lipinski definition) is 3. The van der Waals surface area contributed by atoms with Crippen molar-refractivity contribution in [2.24, 2.45) is 5.92 Å². The second kappa shape index (κ2) is 9.75. The number of amides is 3. The Morgan fingerprint density at radius 3 is 2.56 bits per heavy atom. The van der Waals surface area contributed by atoms with E-state index in [1.54, 1.807) is 0 Å². The van der Waals surface area contributed by atoms with Gasteiger partial charge >= 0.3 is 6.09 Å². The van der Waals surface area contributed by atoms with Gasteiger partial charge < -0.3 is 14.7 Å². The Hall–Kier alpha value is -2.84. The minimum Gasteiger partial charge on any atom is -0.493 e. The molecule has 0 saturated carbocycles. The van der Waals surface area contributed by atoms with Gasteiger partial charge in [0.25, 0.3) is 5.91 Å². The molecule has 1 fully saturated rings. The van der Waals surface area contributed by atoms with Crippen LogP contribution in [0, 0.1) is 11.7 Å². The zero-order valence-electron chi connectivity index (χ0n) is 15.2. The summed E-state index contributed by atoms with van der Waals surface area (Å²) >= 11 is 0. The zero-order valence-corrected chi connectivity index (χ0v) is 15.2. The number of hydrazine groups is 1. The summed E-state index contributed by atoms with van der Waals surface area (Å²) in [6.45, 7) is 2.77. The van der Waals surface area contributed by atoms with Crippen molar-refractivity contribution in [2.75, 3.05) is 19.7 Å². The number of likely N-dealkylation sites (tertiary alicyclic amines) is 1. The topological polar surface area (TPSA) is 108 Å². The first-order chi connectivity index (χ1) is 12.9. The maximum absolute atomic E-state index is 14.0. The Kier molecular flexibility index (Phi) is 7.39. The number of ether oxygens (including phenoxy) is 1. The fourth-order valence-electron chi connectivity index (χ4n) is 2.96. The predicted molar refractivity (Wildman–Crippen MR) is 94.7 cm³/mol. The van der Waals surface area contributed by atoms with Crippen LogP contribution in [-0.4, -0.2) is 47.6 Å². The van der Waals surface area contributed by atoms with E-state index in [4.69, 9.17) is 9.84 Å². The van der Waals surface area contributed by atoms with Crippen molar-refractivity contribution in [1.29, 1.82) is 0 Å². The van der Waals surface area contributed by atoms with E-state index in [0.29, 0.717) is 31.4 Å². The standard InChI is InChI=1S/C18H24FN3O5/c1-12(23)20-21-17(24)15-5-4-14(11-16(15)19)27-10-2-3-13-6-8-22(9-7-13)18(25)26/h4-5,11,13H,2-3,6-10H2,1H3,(H,20,23)(H,21,24)(H,25,26). The van der Waals surface area contributed by atoms with Crippen molar-refractivity contribution in [2.45, 2.75) is 32.6 Å². The van der Waals surface area contributed by atoms with Crippen molar-refractivity contribution in [3.05, 3.63) is 29.6 Å². The van der Waals surface area contributed by atoms with Crippen LogP contribution in [0.2, 0.25) is 0 Å². The lowest BCUT2D eigenvalue weighted by atomic mass is 9.92. The van der Waals surface area contributed by atoms with Crippen molar-refractivity contribution in [1.82, 2.24) is 15.8 Å². The smallest absolute Gasteiger partial charge is 0.407 e. The minimum absolute atomic E-state index is 0.193. The number of carbonyl (C=O) groups is 3. The minimum atomic E-state index is -0.868. The number of carboxylic acid groups (broad SMARTS) is 1. The second-order valence-corrected chi connectivity index (χ2v) is 6.48. The molecule has 0 aliphatic carbocycles. The molecule has 27 heavy (non-hydrogen) atoms. The summed E-state index contributed by atoms with van der Waals surface area (Å²) in [4.78, 5) is 34.8. The Labute approximate surface area is 156 Å². The first-order valence-corrected chi connectivity index (χ1v) is 8.84. The summed E-state index contributed by atoms with van der Waals surface area (Å²) < 4.78 is 19.5. The van der Waals surface area contributed by atoms with Crippen LogP contribution in [0.4, 0.5) is 9.18 Å². The molecule has 0 unspecified atom stereocenters. The van der Waals surface area contributed by atoms with Gasteiger partial charge in [-0.2, -0.15) is 0 Å². The number of hydrogen-bond acceptors (Lipinski definition) is 4. The largest absolute Gasteiger partial charge is 0.493 e. The highest BCUT2D eigenvalue weighted by atomic mass is 19.1. The summed E-state index contributed by atoms with van der Waals surface area (Å²) in [5.41, 5.74) is 4.00. The summed E-state index contributed by atoms with van der Waals surface area (Å²) in [7, 11) is 0. The third-order valence-electron chi connectivity index (χ3n) is 4.45. The molecule has 1 aliphatic heterocycles. The highest BCUT2D eigenvalue weighted by Crippen LogP contribution is 2.22. The van der Waals surface area contributed by atoms with Gasteiger partial charge in [0.15, 0.2) is 0 Å². The maximum atomic E-state index is 14.0. The van der Waals surface area contributed by atoms with E-state index in [1.807, 2.05) is 0 Å². The Balaban J connectivity index is 1.72. The monoisotopic (exact) mass is 381 g/mol. The van der Waals surface area contributed by atoms with E-state index in [2.05, 4.69) is 10.9 Å². The molecule has 0 radical (unpaired) electrons. The summed E-state index contributed by atoms with van der Waals surface area (Å²) in [5, 5.41) is 8.93. The summed E-state index contributed by atoms with van der Waals surface area (Å²) in [6.07, 6.45) is 2.53. The molecule has 1 aromatic carbocycles. The van der Waals surface area contributed by atoms with Gasteiger partial charge in [-0.15, -0.1) is 0 Å². The lowest BCUT2D eigenvalue weighted by Gasteiger charge is -2.29. The normalized spacial score (nSPS) is 14.5. The van der Waals surface area contributed by atoms with E-state index < -0.39 is 23.7 Å². The predicted octanol–water partition coefficient (Wildman–Crippen LogP) is 2.16. The van der Waals surface area contributed by atoms with E-state index in [9.17, 15) is 18.8 Å². The van der Waals surface area contributed by atoms with E-state index >= 15 is 0 Å². The molecule has 3 amide bonds. The molecule has 9 heteroatoms. The number of carbonyl (C=O) groups excluding carboxylic acids is 2. The number of rotatable bonds is 6. The molecule has 148 valence electrons. The first-order valence-electron chi connectivity index (χ1n) is 8.84. The lowest BCUT2D eigenvalue weighted by molar-refractivity contribution is -0.119. The van der Waals surface area contributed by atoms with E-state index in [1.165, 1.54) is 24.0 Å². The fraction of sp³-hybridized carbons (Fsp3) is 0.500. The van der Waals surface area contributed by atoms with Crippen LogP contribution >= 0.6 is 0 Å².